The number of hydrogen-bond donors (Lipinski definition) is 3. The summed E-state index contributed by atoms with van der Waals surface area (Å²) in [7, 11) is 0. The molecule has 34 heavy (non-hydrogen) atoms. The van der Waals surface area contributed by atoms with Gasteiger partial charge in [0.05, 0.1) is 11.4 Å². The third-order valence-electron chi connectivity index (χ3n) is 5.03. The van der Waals surface area contributed by atoms with Crippen LogP contribution in [0.15, 0.2) is 71.7 Å². The first-order chi connectivity index (χ1) is 16.4. The SMILES string of the molecule is Cc1cc(-c2cc(-c3cccc(OCC(=O)NCc4ccc(Cl)nc4)c3)[nH]c(=O)n2)ccc1O. The molecule has 0 unspecified atom stereocenters. The van der Waals surface area contributed by atoms with Crippen LogP contribution >= 0.6 is 11.6 Å². The number of nitrogens with one attached hydrogen (secondary N) is 2. The van der Waals surface area contributed by atoms with Gasteiger partial charge in [0, 0.05) is 23.9 Å². The lowest BCUT2D eigenvalue weighted by Gasteiger charge is -2.10. The van der Waals surface area contributed by atoms with Crippen LogP contribution in [0.25, 0.3) is 22.5 Å². The van der Waals surface area contributed by atoms with E-state index in [1.54, 1.807) is 67.7 Å². The molecule has 2 aromatic heterocycles. The monoisotopic (exact) mass is 476 g/mol. The number of phenols is 1. The van der Waals surface area contributed by atoms with Gasteiger partial charge in [-0.05, 0) is 60.5 Å². The largest absolute Gasteiger partial charge is 0.508 e. The van der Waals surface area contributed by atoms with E-state index in [1.165, 1.54) is 0 Å². The number of aromatic amines is 1. The predicted octanol–water partition coefficient (Wildman–Crippen LogP) is 3.86. The van der Waals surface area contributed by atoms with Crippen molar-refractivity contribution in [1.29, 1.82) is 0 Å². The lowest BCUT2D eigenvalue weighted by molar-refractivity contribution is -0.123. The minimum Gasteiger partial charge on any atom is -0.508 e. The number of benzene rings is 2. The van der Waals surface area contributed by atoms with Crippen molar-refractivity contribution < 1.29 is 14.6 Å². The number of ether oxygens (including phenoxy) is 1. The smallest absolute Gasteiger partial charge is 0.345 e. The van der Waals surface area contributed by atoms with Gasteiger partial charge in [-0.2, -0.15) is 4.98 Å². The van der Waals surface area contributed by atoms with Crippen molar-refractivity contribution in [1.82, 2.24) is 20.3 Å². The maximum atomic E-state index is 12.2. The molecule has 0 saturated carbocycles. The Hall–Kier alpha value is -4.17. The summed E-state index contributed by atoms with van der Waals surface area (Å²) in [5.74, 6) is 0.357. The average Bonchev–Trinajstić information content (AvgIpc) is 2.84. The fourth-order valence-corrected chi connectivity index (χ4v) is 3.35. The molecule has 172 valence electrons. The number of halogens is 1. The van der Waals surface area contributed by atoms with E-state index in [4.69, 9.17) is 16.3 Å². The molecule has 0 spiro atoms. The highest BCUT2D eigenvalue weighted by atomic mass is 35.5. The number of rotatable bonds is 7. The zero-order valence-corrected chi connectivity index (χ0v) is 19.0. The van der Waals surface area contributed by atoms with Crippen LogP contribution in [0.1, 0.15) is 11.1 Å². The molecule has 3 N–H and O–H groups in total. The standard InChI is InChI=1S/C25H21ClN4O4/c1-15-9-18(6-7-22(15)31)21-11-20(29-25(33)30-21)17-3-2-4-19(10-17)34-14-24(32)28-13-16-5-8-23(26)27-12-16/h2-12,31H,13-14H2,1H3,(H,28,32)(H,29,30,33). The van der Waals surface area contributed by atoms with E-state index >= 15 is 0 Å². The fourth-order valence-electron chi connectivity index (χ4n) is 3.24. The second kappa shape index (κ2) is 10.2. The van der Waals surface area contributed by atoms with Gasteiger partial charge in [0.2, 0.25) is 0 Å². The molecule has 0 atom stereocenters. The van der Waals surface area contributed by atoms with E-state index in [0.717, 1.165) is 5.56 Å². The Balaban J connectivity index is 1.45. The molecule has 0 radical (unpaired) electrons. The minimum atomic E-state index is -0.499. The van der Waals surface area contributed by atoms with Crippen LogP contribution in [-0.4, -0.2) is 32.6 Å². The Bertz CT molecular complexity index is 1390. The van der Waals surface area contributed by atoms with E-state index in [2.05, 4.69) is 20.3 Å². The van der Waals surface area contributed by atoms with Crippen molar-refractivity contribution in [3.05, 3.63) is 93.6 Å². The molecule has 2 heterocycles. The summed E-state index contributed by atoms with van der Waals surface area (Å²) in [6.45, 7) is 1.91. The predicted molar refractivity (Wildman–Crippen MR) is 129 cm³/mol. The number of amides is 1. The summed E-state index contributed by atoms with van der Waals surface area (Å²) in [6.07, 6.45) is 1.59. The van der Waals surface area contributed by atoms with Crippen LogP contribution in [0.2, 0.25) is 5.15 Å². The number of hydrogen-bond acceptors (Lipinski definition) is 6. The number of H-pyrrole nitrogens is 1. The van der Waals surface area contributed by atoms with Crippen LogP contribution in [-0.2, 0) is 11.3 Å². The van der Waals surface area contributed by atoms with Gasteiger partial charge in [0.1, 0.15) is 16.7 Å². The van der Waals surface area contributed by atoms with Crippen LogP contribution in [0.5, 0.6) is 11.5 Å². The highest BCUT2D eigenvalue weighted by molar-refractivity contribution is 6.29. The number of carbonyl (C=O) groups excluding carboxylic acids is 1. The number of pyridine rings is 1. The summed E-state index contributed by atoms with van der Waals surface area (Å²) < 4.78 is 5.63. The van der Waals surface area contributed by atoms with Gasteiger partial charge in [0.15, 0.2) is 6.61 Å². The van der Waals surface area contributed by atoms with Crippen molar-refractivity contribution in [2.24, 2.45) is 0 Å². The third kappa shape index (κ3) is 5.79. The van der Waals surface area contributed by atoms with Gasteiger partial charge in [0.25, 0.3) is 5.91 Å². The first-order valence-electron chi connectivity index (χ1n) is 10.4. The molecule has 0 bridgehead atoms. The quantitative estimate of drug-likeness (QED) is 0.349. The summed E-state index contributed by atoms with van der Waals surface area (Å²) >= 11 is 5.76. The molecule has 0 aliphatic rings. The Morgan fingerprint density at radius 1 is 1.12 bits per heavy atom. The number of phenolic OH excluding ortho intramolecular Hbond substituents is 1. The van der Waals surface area contributed by atoms with Crippen molar-refractivity contribution >= 4 is 17.5 Å². The molecule has 1 amide bonds. The molecule has 0 aliphatic carbocycles. The second-order valence-electron chi connectivity index (χ2n) is 7.57. The molecule has 9 heteroatoms. The third-order valence-corrected chi connectivity index (χ3v) is 5.25. The van der Waals surface area contributed by atoms with E-state index in [0.29, 0.717) is 45.5 Å². The van der Waals surface area contributed by atoms with Crippen molar-refractivity contribution in [2.75, 3.05) is 6.61 Å². The molecule has 8 nitrogen and oxygen atoms in total. The Morgan fingerprint density at radius 2 is 1.97 bits per heavy atom. The van der Waals surface area contributed by atoms with Crippen LogP contribution < -0.4 is 15.7 Å². The molecule has 4 aromatic rings. The molecular formula is C25H21ClN4O4. The zero-order valence-electron chi connectivity index (χ0n) is 18.2. The Kier molecular flexibility index (Phi) is 6.89. The zero-order chi connectivity index (χ0) is 24.1. The lowest BCUT2D eigenvalue weighted by atomic mass is 10.1. The molecule has 0 aliphatic heterocycles. The molecule has 2 aromatic carbocycles. The maximum absolute atomic E-state index is 12.2. The summed E-state index contributed by atoms with van der Waals surface area (Å²) in [5.41, 5.74) is 3.43. The number of aryl methyl sites for hydroxylation is 1. The van der Waals surface area contributed by atoms with Crippen LogP contribution in [0.4, 0.5) is 0 Å². The number of nitrogens with zero attached hydrogens (tertiary/aromatic N) is 2. The highest BCUT2D eigenvalue weighted by Crippen LogP contribution is 2.27. The molecular weight excluding hydrogens is 456 g/mol. The Morgan fingerprint density at radius 3 is 2.74 bits per heavy atom. The summed E-state index contributed by atoms with van der Waals surface area (Å²) in [5, 5.41) is 12.9. The topological polar surface area (TPSA) is 117 Å². The van der Waals surface area contributed by atoms with Gasteiger partial charge < -0.3 is 20.1 Å². The van der Waals surface area contributed by atoms with Gasteiger partial charge >= 0.3 is 5.69 Å². The summed E-state index contributed by atoms with van der Waals surface area (Å²) in [4.78, 5) is 35.1. The van der Waals surface area contributed by atoms with Crippen molar-refractivity contribution in [3.8, 4) is 34.0 Å². The molecule has 0 saturated heterocycles. The average molecular weight is 477 g/mol. The van der Waals surface area contributed by atoms with E-state index < -0.39 is 5.69 Å². The van der Waals surface area contributed by atoms with Gasteiger partial charge in [-0.3, -0.25) is 4.79 Å². The normalized spacial score (nSPS) is 10.6. The summed E-state index contributed by atoms with van der Waals surface area (Å²) in [6, 6.07) is 17.3. The van der Waals surface area contributed by atoms with E-state index in [1.807, 2.05) is 6.07 Å². The van der Waals surface area contributed by atoms with Gasteiger partial charge in [-0.1, -0.05) is 29.8 Å². The van der Waals surface area contributed by atoms with Gasteiger partial charge in [-0.15, -0.1) is 0 Å². The van der Waals surface area contributed by atoms with Gasteiger partial charge in [-0.25, -0.2) is 9.78 Å². The second-order valence-corrected chi connectivity index (χ2v) is 7.96. The highest BCUT2D eigenvalue weighted by Gasteiger charge is 2.09. The maximum Gasteiger partial charge on any atom is 0.345 e. The van der Waals surface area contributed by atoms with Crippen molar-refractivity contribution in [2.45, 2.75) is 13.5 Å². The first-order valence-corrected chi connectivity index (χ1v) is 10.8. The van der Waals surface area contributed by atoms with Crippen LogP contribution in [0.3, 0.4) is 0 Å². The number of aromatic hydroxyl groups is 1. The van der Waals surface area contributed by atoms with Crippen molar-refractivity contribution in [3.63, 3.8) is 0 Å². The fraction of sp³-hybridized carbons (Fsp3) is 0.120. The van der Waals surface area contributed by atoms with E-state index in [9.17, 15) is 14.7 Å². The minimum absolute atomic E-state index is 0.171. The lowest BCUT2D eigenvalue weighted by Crippen LogP contribution is -2.28. The van der Waals surface area contributed by atoms with E-state index in [-0.39, 0.29) is 18.3 Å². The Labute approximate surface area is 200 Å². The number of carbonyl (C=O) groups is 1. The molecule has 4 rings (SSSR count). The molecule has 0 fully saturated rings. The van der Waals surface area contributed by atoms with Crippen LogP contribution in [0, 0.1) is 6.92 Å². The number of aromatic nitrogens is 3. The first kappa shape index (κ1) is 23.0.